The van der Waals surface area contributed by atoms with E-state index in [9.17, 15) is 0 Å². The minimum absolute atomic E-state index is 0.00680. The van der Waals surface area contributed by atoms with E-state index in [1.165, 1.54) is 5.56 Å². The third-order valence-electron chi connectivity index (χ3n) is 2.64. The van der Waals surface area contributed by atoms with Gasteiger partial charge >= 0.3 is 0 Å². The molecule has 0 unspecified atom stereocenters. The molecule has 1 aromatic heterocycles. The largest absolute Gasteiger partial charge is 0.493 e. The SMILES string of the molecule is C[C@@H](N)c1ccccc1OCCc1ccsc1. The Balaban J connectivity index is 1.94. The number of nitrogens with two attached hydrogens (primary N) is 1. The first-order valence-corrected chi connectivity index (χ1v) is 6.70. The first-order chi connectivity index (χ1) is 8.27. The van der Waals surface area contributed by atoms with Crippen LogP contribution in [0, 0.1) is 0 Å². The van der Waals surface area contributed by atoms with Crippen LogP contribution in [-0.4, -0.2) is 6.61 Å². The van der Waals surface area contributed by atoms with Gasteiger partial charge in [0, 0.05) is 18.0 Å². The van der Waals surface area contributed by atoms with E-state index in [2.05, 4.69) is 16.8 Å². The molecule has 1 atom stereocenters. The van der Waals surface area contributed by atoms with Crippen molar-refractivity contribution >= 4 is 11.3 Å². The van der Waals surface area contributed by atoms with Gasteiger partial charge in [-0.25, -0.2) is 0 Å². The van der Waals surface area contributed by atoms with Gasteiger partial charge in [-0.05, 0) is 35.4 Å². The van der Waals surface area contributed by atoms with E-state index < -0.39 is 0 Å². The maximum absolute atomic E-state index is 5.90. The lowest BCUT2D eigenvalue weighted by Crippen LogP contribution is -2.09. The molecule has 0 aliphatic carbocycles. The van der Waals surface area contributed by atoms with E-state index >= 15 is 0 Å². The van der Waals surface area contributed by atoms with Crippen LogP contribution in [0.2, 0.25) is 0 Å². The van der Waals surface area contributed by atoms with Crippen molar-refractivity contribution in [2.24, 2.45) is 5.73 Å². The summed E-state index contributed by atoms with van der Waals surface area (Å²) in [6.45, 7) is 2.67. The highest BCUT2D eigenvalue weighted by Gasteiger charge is 2.06. The van der Waals surface area contributed by atoms with Gasteiger partial charge in [-0.3, -0.25) is 0 Å². The van der Waals surface area contributed by atoms with Crippen molar-refractivity contribution in [2.45, 2.75) is 19.4 Å². The average Bonchev–Trinajstić information content (AvgIpc) is 2.82. The molecule has 1 aromatic carbocycles. The van der Waals surface area contributed by atoms with E-state index in [1.807, 2.05) is 31.2 Å². The fourth-order valence-electron chi connectivity index (χ4n) is 1.70. The van der Waals surface area contributed by atoms with Gasteiger partial charge in [-0.15, -0.1) is 0 Å². The number of rotatable bonds is 5. The Morgan fingerprint density at radius 3 is 2.82 bits per heavy atom. The fraction of sp³-hybridized carbons (Fsp3) is 0.286. The fourth-order valence-corrected chi connectivity index (χ4v) is 2.41. The third-order valence-corrected chi connectivity index (χ3v) is 3.37. The lowest BCUT2D eigenvalue weighted by Gasteiger charge is -2.13. The zero-order chi connectivity index (χ0) is 12.1. The van der Waals surface area contributed by atoms with Crippen molar-refractivity contribution in [3.8, 4) is 5.75 Å². The van der Waals surface area contributed by atoms with Crippen LogP contribution in [0.4, 0.5) is 0 Å². The maximum Gasteiger partial charge on any atom is 0.124 e. The molecule has 0 spiro atoms. The van der Waals surface area contributed by atoms with Gasteiger partial charge in [0.2, 0.25) is 0 Å². The highest BCUT2D eigenvalue weighted by atomic mass is 32.1. The van der Waals surface area contributed by atoms with Crippen LogP contribution in [0.15, 0.2) is 41.1 Å². The number of ether oxygens (including phenoxy) is 1. The molecule has 0 radical (unpaired) electrons. The molecule has 0 saturated carbocycles. The topological polar surface area (TPSA) is 35.2 Å². The number of hydrogen-bond donors (Lipinski definition) is 1. The Kier molecular flexibility index (Phi) is 4.18. The van der Waals surface area contributed by atoms with E-state index in [1.54, 1.807) is 11.3 Å². The van der Waals surface area contributed by atoms with Crippen LogP contribution in [-0.2, 0) is 6.42 Å². The first-order valence-electron chi connectivity index (χ1n) is 5.76. The smallest absolute Gasteiger partial charge is 0.124 e. The molecule has 2 N–H and O–H groups in total. The molecule has 2 aromatic rings. The Morgan fingerprint density at radius 2 is 2.12 bits per heavy atom. The van der Waals surface area contributed by atoms with E-state index in [4.69, 9.17) is 10.5 Å². The van der Waals surface area contributed by atoms with Crippen molar-refractivity contribution in [1.82, 2.24) is 0 Å². The average molecular weight is 247 g/mol. The molecule has 0 fully saturated rings. The van der Waals surface area contributed by atoms with Crippen LogP contribution in [0.3, 0.4) is 0 Å². The van der Waals surface area contributed by atoms with Gasteiger partial charge in [0.1, 0.15) is 5.75 Å². The molecule has 0 amide bonds. The lowest BCUT2D eigenvalue weighted by molar-refractivity contribution is 0.317. The van der Waals surface area contributed by atoms with Crippen molar-refractivity contribution in [1.29, 1.82) is 0 Å². The normalized spacial score (nSPS) is 12.4. The quantitative estimate of drug-likeness (QED) is 0.879. The zero-order valence-corrected chi connectivity index (χ0v) is 10.7. The summed E-state index contributed by atoms with van der Waals surface area (Å²) in [5, 5.41) is 4.24. The van der Waals surface area contributed by atoms with Crippen LogP contribution in [0.5, 0.6) is 5.75 Å². The van der Waals surface area contributed by atoms with Gasteiger partial charge < -0.3 is 10.5 Å². The number of para-hydroxylation sites is 1. The molecule has 0 saturated heterocycles. The molecule has 2 rings (SSSR count). The van der Waals surface area contributed by atoms with Crippen LogP contribution >= 0.6 is 11.3 Å². The molecule has 17 heavy (non-hydrogen) atoms. The summed E-state index contributed by atoms with van der Waals surface area (Å²) in [5.74, 6) is 0.901. The Bertz CT molecular complexity index is 451. The molecule has 0 aliphatic heterocycles. The summed E-state index contributed by atoms with van der Waals surface area (Å²) in [4.78, 5) is 0. The summed E-state index contributed by atoms with van der Waals surface area (Å²) < 4.78 is 5.80. The summed E-state index contributed by atoms with van der Waals surface area (Å²) >= 11 is 1.72. The van der Waals surface area contributed by atoms with E-state index in [0.29, 0.717) is 6.61 Å². The standard InChI is InChI=1S/C14H17NOS/c1-11(15)13-4-2-3-5-14(13)16-8-6-12-7-9-17-10-12/h2-5,7,9-11H,6,8,15H2,1H3/t11-/m1/s1. The predicted octanol–water partition coefficient (Wildman–Crippen LogP) is 3.39. The molecule has 90 valence electrons. The molecular weight excluding hydrogens is 230 g/mol. The summed E-state index contributed by atoms with van der Waals surface area (Å²) in [7, 11) is 0. The molecule has 0 bridgehead atoms. The third kappa shape index (κ3) is 3.32. The molecule has 0 aliphatic rings. The highest BCUT2D eigenvalue weighted by Crippen LogP contribution is 2.23. The molecular formula is C14H17NOS. The van der Waals surface area contributed by atoms with Crippen molar-refractivity contribution in [2.75, 3.05) is 6.61 Å². The molecule has 2 nitrogen and oxygen atoms in total. The highest BCUT2D eigenvalue weighted by molar-refractivity contribution is 7.07. The number of thiophene rings is 1. The predicted molar refractivity (Wildman–Crippen MR) is 72.6 cm³/mol. The van der Waals surface area contributed by atoms with Crippen molar-refractivity contribution in [3.63, 3.8) is 0 Å². The van der Waals surface area contributed by atoms with Gasteiger partial charge in [0.05, 0.1) is 6.61 Å². The van der Waals surface area contributed by atoms with E-state index in [0.717, 1.165) is 17.7 Å². The Morgan fingerprint density at radius 1 is 1.29 bits per heavy atom. The second kappa shape index (κ2) is 5.84. The number of hydrogen-bond acceptors (Lipinski definition) is 3. The summed E-state index contributed by atoms with van der Waals surface area (Å²) in [5.41, 5.74) is 8.30. The maximum atomic E-state index is 5.90. The van der Waals surface area contributed by atoms with Crippen LogP contribution in [0.25, 0.3) is 0 Å². The second-order valence-electron chi connectivity index (χ2n) is 4.06. The minimum atomic E-state index is 0.00680. The summed E-state index contributed by atoms with van der Waals surface area (Å²) in [6, 6.07) is 10.1. The molecule has 3 heteroatoms. The van der Waals surface area contributed by atoms with Gasteiger partial charge in [0.25, 0.3) is 0 Å². The zero-order valence-electron chi connectivity index (χ0n) is 9.93. The second-order valence-corrected chi connectivity index (χ2v) is 4.84. The van der Waals surface area contributed by atoms with Crippen molar-refractivity contribution < 1.29 is 4.74 Å². The van der Waals surface area contributed by atoms with Gasteiger partial charge in [-0.1, -0.05) is 18.2 Å². The van der Waals surface area contributed by atoms with E-state index in [-0.39, 0.29) is 6.04 Å². The van der Waals surface area contributed by atoms with Gasteiger partial charge in [0.15, 0.2) is 0 Å². The molecule has 1 heterocycles. The number of benzene rings is 1. The Labute approximate surface area is 106 Å². The van der Waals surface area contributed by atoms with Crippen LogP contribution in [0.1, 0.15) is 24.1 Å². The van der Waals surface area contributed by atoms with Crippen molar-refractivity contribution in [3.05, 3.63) is 52.2 Å². The monoisotopic (exact) mass is 247 g/mol. The Hall–Kier alpha value is -1.32. The first kappa shape index (κ1) is 12.1. The summed E-state index contributed by atoms with van der Waals surface area (Å²) in [6.07, 6.45) is 0.941. The van der Waals surface area contributed by atoms with Crippen LogP contribution < -0.4 is 10.5 Å². The van der Waals surface area contributed by atoms with Gasteiger partial charge in [-0.2, -0.15) is 11.3 Å². The minimum Gasteiger partial charge on any atom is -0.493 e. The lowest BCUT2D eigenvalue weighted by atomic mass is 10.1.